The summed E-state index contributed by atoms with van der Waals surface area (Å²) in [5.74, 6) is 0.831. The first kappa shape index (κ1) is 17.5. The SMILES string of the molecule is O=C(NCCNc1ccc(-n2cccc2)nn1)c1cc2ccccc2oc1=O. The van der Waals surface area contributed by atoms with E-state index < -0.39 is 11.5 Å². The van der Waals surface area contributed by atoms with Crippen LogP contribution >= 0.6 is 0 Å². The lowest BCUT2D eigenvalue weighted by Gasteiger charge is -2.08. The lowest BCUT2D eigenvalue weighted by molar-refractivity contribution is 0.0951. The number of nitrogens with zero attached hydrogens (tertiary/aromatic N) is 3. The van der Waals surface area contributed by atoms with Gasteiger partial charge < -0.3 is 19.6 Å². The summed E-state index contributed by atoms with van der Waals surface area (Å²) in [6, 6.07) is 16.1. The minimum atomic E-state index is -0.657. The Morgan fingerprint density at radius 1 is 1.00 bits per heavy atom. The van der Waals surface area contributed by atoms with Crippen LogP contribution in [-0.4, -0.2) is 33.8 Å². The van der Waals surface area contributed by atoms with Gasteiger partial charge in [-0.3, -0.25) is 4.79 Å². The standard InChI is InChI=1S/C20H17N5O3/c26-19(15-13-14-5-1-2-6-16(14)28-20(15)27)22-10-9-21-17-7-8-18(24-23-17)25-11-3-4-12-25/h1-8,11-13H,9-10H2,(H,21,23)(H,22,26). The summed E-state index contributed by atoms with van der Waals surface area (Å²) in [5, 5.41) is 14.7. The molecule has 0 radical (unpaired) electrons. The molecule has 4 rings (SSSR count). The topological polar surface area (TPSA) is 102 Å². The van der Waals surface area contributed by atoms with Gasteiger partial charge in [-0.05, 0) is 36.4 Å². The van der Waals surface area contributed by atoms with Crippen LogP contribution in [0.25, 0.3) is 16.8 Å². The molecule has 3 heterocycles. The van der Waals surface area contributed by atoms with Crippen LogP contribution in [0.4, 0.5) is 5.82 Å². The van der Waals surface area contributed by atoms with E-state index in [1.54, 1.807) is 18.2 Å². The third kappa shape index (κ3) is 3.75. The van der Waals surface area contributed by atoms with Gasteiger partial charge in [-0.25, -0.2) is 4.79 Å². The molecule has 1 aromatic carbocycles. The van der Waals surface area contributed by atoms with E-state index in [0.29, 0.717) is 35.7 Å². The molecule has 8 heteroatoms. The molecule has 1 amide bonds. The fraction of sp³-hybridized carbons (Fsp3) is 0.100. The number of fused-ring (bicyclic) bond motifs is 1. The first-order valence-corrected chi connectivity index (χ1v) is 8.73. The van der Waals surface area contributed by atoms with Gasteiger partial charge in [0.2, 0.25) is 0 Å². The van der Waals surface area contributed by atoms with Gasteiger partial charge in [-0.2, -0.15) is 0 Å². The van der Waals surface area contributed by atoms with E-state index in [-0.39, 0.29) is 5.56 Å². The summed E-state index contributed by atoms with van der Waals surface area (Å²) in [5.41, 5.74) is -0.224. The summed E-state index contributed by atoms with van der Waals surface area (Å²) < 4.78 is 7.03. The largest absolute Gasteiger partial charge is 0.422 e. The molecule has 0 bridgehead atoms. The maximum absolute atomic E-state index is 12.3. The predicted molar refractivity (Wildman–Crippen MR) is 105 cm³/mol. The molecule has 140 valence electrons. The monoisotopic (exact) mass is 375 g/mol. The zero-order valence-electron chi connectivity index (χ0n) is 14.8. The highest BCUT2D eigenvalue weighted by atomic mass is 16.4. The van der Waals surface area contributed by atoms with E-state index in [0.717, 1.165) is 0 Å². The van der Waals surface area contributed by atoms with E-state index in [2.05, 4.69) is 20.8 Å². The van der Waals surface area contributed by atoms with Gasteiger partial charge in [0.25, 0.3) is 5.91 Å². The number of nitrogens with one attached hydrogen (secondary N) is 2. The fourth-order valence-electron chi connectivity index (χ4n) is 2.73. The molecule has 0 aliphatic rings. The number of anilines is 1. The molecule has 0 saturated carbocycles. The molecule has 28 heavy (non-hydrogen) atoms. The molecule has 0 aliphatic carbocycles. The summed E-state index contributed by atoms with van der Waals surface area (Å²) >= 11 is 0. The van der Waals surface area contributed by atoms with Gasteiger partial charge in [0.05, 0.1) is 0 Å². The van der Waals surface area contributed by atoms with Crippen LogP contribution in [0.1, 0.15) is 10.4 Å². The first-order valence-electron chi connectivity index (χ1n) is 8.73. The number of aromatic nitrogens is 3. The Bertz CT molecular complexity index is 1150. The normalized spacial score (nSPS) is 10.7. The van der Waals surface area contributed by atoms with E-state index in [1.807, 2.05) is 47.3 Å². The smallest absolute Gasteiger partial charge is 0.349 e. The van der Waals surface area contributed by atoms with Crippen LogP contribution in [0.3, 0.4) is 0 Å². The van der Waals surface area contributed by atoms with Gasteiger partial charge in [-0.15, -0.1) is 10.2 Å². The zero-order chi connectivity index (χ0) is 19.3. The van der Waals surface area contributed by atoms with Crippen molar-refractivity contribution in [2.45, 2.75) is 0 Å². The molecule has 2 N–H and O–H groups in total. The molecule has 0 unspecified atom stereocenters. The third-order valence-electron chi connectivity index (χ3n) is 4.12. The maximum atomic E-state index is 12.3. The third-order valence-corrected chi connectivity index (χ3v) is 4.12. The number of carbonyl (C=O) groups excluding carboxylic acids is 1. The fourth-order valence-corrected chi connectivity index (χ4v) is 2.73. The number of benzene rings is 1. The lowest BCUT2D eigenvalue weighted by atomic mass is 10.2. The predicted octanol–water partition coefficient (Wildman–Crippen LogP) is 2.22. The van der Waals surface area contributed by atoms with E-state index in [4.69, 9.17) is 4.42 Å². The highest BCUT2D eigenvalue weighted by Gasteiger charge is 2.13. The zero-order valence-corrected chi connectivity index (χ0v) is 14.8. The van der Waals surface area contributed by atoms with Crippen molar-refractivity contribution in [2.75, 3.05) is 18.4 Å². The number of para-hydroxylation sites is 1. The van der Waals surface area contributed by atoms with Crippen LogP contribution in [0, 0.1) is 0 Å². The van der Waals surface area contributed by atoms with E-state index in [1.165, 1.54) is 6.07 Å². The van der Waals surface area contributed by atoms with Crippen molar-refractivity contribution >= 4 is 22.7 Å². The maximum Gasteiger partial charge on any atom is 0.349 e. The van der Waals surface area contributed by atoms with Crippen molar-refractivity contribution in [2.24, 2.45) is 0 Å². The van der Waals surface area contributed by atoms with Crippen LogP contribution in [0.2, 0.25) is 0 Å². The first-order chi connectivity index (χ1) is 13.7. The van der Waals surface area contributed by atoms with Gasteiger partial charge in [0.15, 0.2) is 5.82 Å². The van der Waals surface area contributed by atoms with Crippen molar-refractivity contribution in [3.8, 4) is 5.82 Å². The Morgan fingerprint density at radius 2 is 1.82 bits per heavy atom. The molecule has 0 saturated heterocycles. The van der Waals surface area contributed by atoms with Crippen molar-refractivity contribution in [1.82, 2.24) is 20.1 Å². The molecular weight excluding hydrogens is 358 g/mol. The van der Waals surface area contributed by atoms with Gasteiger partial charge in [-0.1, -0.05) is 18.2 Å². The van der Waals surface area contributed by atoms with E-state index >= 15 is 0 Å². The van der Waals surface area contributed by atoms with Crippen LogP contribution in [0.5, 0.6) is 0 Å². The van der Waals surface area contributed by atoms with E-state index in [9.17, 15) is 9.59 Å². The second-order valence-electron chi connectivity index (χ2n) is 6.04. The number of hydrogen-bond acceptors (Lipinski definition) is 6. The van der Waals surface area contributed by atoms with Gasteiger partial charge >= 0.3 is 5.63 Å². The highest BCUT2D eigenvalue weighted by molar-refractivity contribution is 5.96. The minimum Gasteiger partial charge on any atom is -0.422 e. The number of carbonyl (C=O) groups is 1. The Morgan fingerprint density at radius 3 is 2.61 bits per heavy atom. The Labute approximate surface area is 159 Å². The molecule has 4 aromatic rings. The quantitative estimate of drug-likeness (QED) is 0.396. The Balaban J connectivity index is 1.32. The average Bonchev–Trinajstić information content (AvgIpc) is 3.26. The molecule has 0 atom stereocenters. The minimum absolute atomic E-state index is 0.0189. The van der Waals surface area contributed by atoms with Crippen LogP contribution < -0.4 is 16.3 Å². The summed E-state index contributed by atoms with van der Waals surface area (Å²) in [6.45, 7) is 0.744. The van der Waals surface area contributed by atoms with Crippen molar-refractivity contribution in [1.29, 1.82) is 0 Å². The molecule has 3 aromatic heterocycles. The molecule has 0 fully saturated rings. The Kier molecular flexibility index (Phi) is 4.83. The molecule has 0 spiro atoms. The lowest BCUT2D eigenvalue weighted by Crippen LogP contribution is -2.32. The average molecular weight is 375 g/mol. The van der Waals surface area contributed by atoms with Crippen LogP contribution in [0.15, 0.2) is 76.2 Å². The Hall–Kier alpha value is -3.94. The summed E-state index contributed by atoms with van der Waals surface area (Å²) in [4.78, 5) is 24.3. The van der Waals surface area contributed by atoms with Gasteiger partial charge in [0.1, 0.15) is 17.0 Å². The highest BCUT2D eigenvalue weighted by Crippen LogP contribution is 2.12. The molecular formula is C20H17N5O3. The number of hydrogen-bond donors (Lipinski definition) is 2. The van der Waals surface area contributed by atoms with Crippen molar-refractivity contribution in [3.05, 3.63) is 83.0 Å². The molecule has 0 aliphatic heterocycles. The summed E-state index contributed by atoms with van der Waals surface area (Å²) in [6.07, 6.45) is 3.77. The second kappa shape index (κ2) is 7.75. The molecule has 8 nitrogen and oxygen atoms in total. The summed E-state index contributed by atoms with van der Waals surface area (Å²) in [7, 11) is 0. The van der Waals surface area contributed by atoms with Crippen LogP contribution in [-0.2, 0) is 0 Å². The van der Waals surface area contributed by atoms with Crippen molar-refractivity contribution < 1.29 is 9.21 Å². The van der Waals surface area contributed by atoms with Gasteiger partial charge in [0, 0.05) is 30.9 Å². The number of rotatable bonds is 6. The van der Waals surface area contributed by atoms with Crippen molar-refractivity contribution in [3.63, 3.8) is 0 Å². The number of amides is 1. The second-order valence-corrected chi connectivity index (χ2v) is 6.04.